The highest BCUT2D eigenvalue weighted by Gasteiger charge is 2.36. The maximum Gasteiger partial charge on any atom is 0.414 e. The van der Waals surface area contributed by atoms with Crippen molar-refractivity contribution in [3.8, 4) is 0 Å². The molecule has 6 nitrogen and oxygen atoms in total. The Bertz CT molecular complexity index is 358. The van der Waals surface area contributed by atoms with E-state index < -0.39 is 17.7 Å². The number of carbonyl (C=O) groups excluding carboxylic acids is 2. The molecule has 19 heavy (non-hydrogen) atoms. The van der Waals surface area contributed by atoms with E-state index in [2.05, 4.69) is 6.58 Å². The van der Waals surface area contributed by atoms with Gasteiger partial charge in [0, 0.05) is 13.1 Å². The van der Waals surface area contributed by atoms with Crippen molar-refractivity contribution in [2.75, 3.05) is 19.7 Å². The fourth-order valence-corrected chi connectivity index (χ4v) is 1.98. The Morgan fingerprint density at radius 2 is 1.95 bits per heavy atom. The standard InChI is InChI=1S/C13H21NO5/c1-4-18-11(15)9-13(17)5-7-14(8-6-13)12(16)19-10(2)3/h17H,2,4-9H2,1,3H3. The Morgan fingerprint density at radius 1 is 1.37 bits per heavy atom. The summed E-state index contributed by atoms with van der Waals surface area (Å²) in [7, 11) is 0. The molecular weight excluding hydrogens is 250 g/mol. The first kappa shape index (κ1) is 15.5. The van der Waals surface area contributed by atoms with Gasteiger partial charge < -0.3 is 19.5 Å². The summed E-state index contributed by atoms with van der Waals surface area (Å²) in [6.45, 7) is 7.81. The zero-order valence-electron chi connectivity index (χ0n) is 11.5. The van der Waals surface area contributed by atoms with Crippen molar-refractivity contribution in [3.05, 3.63) is 12.3 Å². The lowest BCUT2D eigenvalue weighted by Gasteiger charge is -2.36. The van der Waals surface area contributed by atoms with Gasteiger partial charge in [0.05, 0.1) is 24.4 Å². The number of aliphatic hydroxyl groups is 1. The van der Waals surface area contributed by atoms with Crippen LogP contribution in [0.15, 0.2) is 12.3 Å². The van der Waals surface area contributed by atoms with Crippen LogP contribution in [0.1, 0.15) is 33.1 Å². The van der Waals surface area contributed by atoms with Gasteiger partial charge in [-0.1, -0.05) is 6.58 Å². The number of carbonyl (C=O) groups is 2. The van der Waals surface area contributed by atoms with E-state index >= 15 is 0 Å². The normalized spacial score (nSPS) is 17.7. The van der Waals surface area contributed by atoms with Crippen molar-refractivity contribution in [1.82, 2.24) is 4.90 Å². The molecular formula is C13H21NO5. The molecule has 1 rings (SSSR count). The number of rotatable bonds is 4. The molecule has 108 valence electrons. The molecule has 0 radical (unpaired) electrons. The van der Waals surface area contributed by atoms with E-state index in [0.29, 0.717) is 38.3 Å². The molecule has 0 aromatic rings. The summed E-state index contributed by atoms with van der Waals surface area (Å²) in [6.07, 6.45) is 0.156. The van der Waals surface area contributed by atoms with Gasteiger partial charge >= 0.3 is 12.1 Å². The van der Waals surface area contributed by atoms with Crippen LogP contribution in [-0.2, 0) is 14.3 Å². The van der Waals surface area contributed by atoms with Gasteiger partial charge in [-0.05, 0) is 26.7 Å². The van der Waals surface area contributed by atoms with Crippen LogP contribution in [0, 0.1) is 0 Å². The molecule has 0 spiro atoms. The summed E-state index contributed by atoms with van der Waals surface area (Å²) in [4.78, 5) is 24.5. The van der Waals surface area contributed by atoms with Crippen LogP contribution < -0.4 is 0 Å². The summed E-state index contributed by atoms with van der Waals surface area (Å²) < 4.78 is 9.72. The smallest absolute Gasteiger partial charge is 0.414 e. The van der Waals surface area contributed by atoms with Gasteiger partial charge in [-0.25, -0.2) is 4.79 Å². The van der Waals surface area contributed by atoms with Crippen LogP contribution in [0.3, 0.4) is 0 Å². The Morgan fingerprint density at radius 3 is 2.42 bits per heavy atom. The third kappa shape index (κ3) is 4.90. The van der Waals surface area contributed by atoms with Gasteiger partial charge in [0.25, 0.3) is 0 Å². The van der Waals surface area contributed by atoms with E-state index in [1.165, 1.54) is 4.90 Å². The molecule has 0 unspecified atom stereocenters. The highest BCUT2D eigenvalue weighted by molar-refractivity contribution is 5.71. The number of esters is 1. The zero-order chi connectivity index (χ0) is 14.5. The van der Waals surface area contributed by atoms with Gasteiger partial charge in [0.1, 0.15) is 0 Å². The first-order valence-corrected chi connectivity index (χ1v) is 6.36. The largest absolute Gasteiger partial charge is 0.466 e. The van der Waals surface area contributed by atoms with Crippen molar-refractivity contribution in [2.24, 2.45) is 0 Å². The molecule has 0 aromatic carbocycles. The minimum atomic E-state index is -1.09. The lowest BCUT2D eigenvalue weighted by molar-refractivity contribution is -0.150. The lowest BCUT2D eigenvalue weighted by Crippen LogP contribution is -2.47. The topological polar surface area (TPSA) is 76.1 Å². The maximum atomic E-state index is 11.6. The third-order valence-electron chi connectivity index (χ3n) is 2.99. The first-order chi connectivity index (χ1) is 8.86. The molecule has 1 heterocycles. The van der Waals surface area contributed by atoms with Crippen LogP contribution in [0.25, 0.3) is 0 Å². The predicted octanol–water partition coefficient (Wildman–Crippen LogP) is 1.44. The molecule has 6 heteroatoms. The molecule has 0 atom stereocenters. The lowest BCUT2D eigenvalue weighted by atomic mass is 9.88. The Kier molecular flexibility index (Phi) is 5.35. The second kappa shape index (κ2) is 6.56. The number of likely N-dealkylation sites (tertiary alicyclic amines) is 1. The van der Waals surface area contributed by atoms with Crippen molar-refractivity contribution >= 4 is 12.1 Å². The zero-order valence-corrected chi connectivity index (χ0v) is 11.5. The van der Waals surface area contributed by atoms with E-state index in [0.717, 1.165) is 0 Å². The van der Waals surface area contributed by atoms with Gasteiger partial charge in [-0.15, -0.1) is 0 Å². The van der Waals surface area contributed by atoms with E-state index in [4.69, 9.17) is 9.47 Å². The number of allylic oxidation sites excluding steroid dienone is 1. The minimum absolute atomic E-state index is 0.0375. The van der Waals surface area contributed by atoms with E-state index in [1.807, 2.05) is 0 Å². The summed E-state index contributed by atoms with van der Waals surface area (Å²) in [6, 6.07) is 0. The predicted molar refractivity (Wildman–Crippen MR) is 68.3 cm³/mol. The fourth-order valence-electron chi connectivity index (χ4n) is 1.98. The molecule has 1 aliphatic rings. The van der Waals surface area contributed by atoms with Crippen molar-refractivity contribution in [3.63, 3.8) is 0 Å². The van der Waals surface area contributed by atoms with Crippen molar-refractivity contribution in [2.45, 2.75) is 38.7 Å². The van der Waals surface area contributed by atoms with E-state index in [-0.39, 0.29) is 6.42 Å². The molecule has 0 saturated carbocycles. The molecule has 1 saturated heterocycles. The molecule has 1 amide bonds. The number of hydrogen-bond acceptors (Lipinski definition) is 5. The number of hydrogen-bond donors (Lipinski definition) is 1. The number of piperidine rings is 1. The SMILES string of the molecule is C=C(C)OC(=O)N1CCC(O)(CC(=O)OCC)CC1. The average molecular weight is 271 g/mol. The van der Waals surface area contributed by atoms with Crippen molar-refractivity contribution < 1.29 is 24.2 Å². The molecule has 0 bridgehead atoms. The fraction of sp³-hybridized carbons (Fsp3) is 0.692. The maximum absolute atomic E-state index is 11.6. The summed E-state index contributed by atoms with van der Waals surface area (Å²) in [5.41, 5.74) is -1.09. The summed E-state index contributed by atoms with van der Waals surface area (Å²) in [5, 5.41) is 10.3. The van der Waals surface area contributed by atoms with Gasteiger partial charge in [0.2, 0.25) is 0 Å². The summed E-state index contributed by atoms with van der Waals surface area (Å²) in [5.74, 6) is -0.0830. The van der Waals surface area contributed by atoms with Crippen LogP contribution in [0.2, 0.25) is 0 Å². The monoisotopic (exact) mass is 271 g/mol. The highest BCUT2D eigenvalue weighted by Crippen LogP contribution is 2.26. The Hall–Kier alpha value is -1.56. The summed E-state index contributed by atoms with van der Waals surface area (Å²) >= 11 is 0. The second-order valence-electron chi connectivity index (χ2n) is 4.76. The second-order valence-corrected chi connectivity index (χ2v) is 4.76. The third-order valence-corrected chi connectivity index (χ3v) is 2.99. The van der Waals surface area contributed by atoms with Crippen molar-refractivity contribution in [1.29, 1.82) is 0 Å². The molecule has 1 fully saturated rings. The molecule has 1 N–H and O–H groups in total. The van der Waals surface area contributed by atoms with Crippen LogP contribution in [-0.4, -0.2) is 47.4 Å². The van der Waals surface area contributed by atoms with Crippen LogP contribution in [0.5, 0.6) is 0 Å². The first-order valence-electron chi connectivity index (χ1n) is 6.36. The van der Waals surface area contributed by atoms with E-state index in [9.17, 15) is 14.7 Å². The number of nitrogens with zero attached hydrogens (tertiary/aromatic N) is 1. The number of amides is 1. The van der Waals surface area contributed by atoms with Gasteiger partial charge in [0.15, 0.2) is 0 Å². The minimum Gasteiger partial charge on any atom is -0.466 e. The highest BCUT2D eigenvalue weighted by atomic mass is 16.6. The van der Waals surface area contributed by atoms with Crippen LogP contribution >= 0.6 is 0 Å². The quantitative estimate of drug-likeness (QED) is 0.618. The van der Waals surface area contributed by atoms with Gasteiger partial charge in [-0.3, -0.25) is 4.79 Å². The molecule has 1 aliphatic heterocycles. The van der Waals surface area contributed by atoms with Gasteiger partial charge in [-0.2, -0.15) is 0 Å². The van der Waals surface area contributed by atoms with Crippen LogP contribution in [0.4, 0.5) is 4.79 Å². The Balaban J connectivity index is 2.45. The van der Waals surface area contributed by atoms with E-state index in [1.54, 1.807) is 13.8 Å². The average Bonchev–Trinajstić information content (AvgIpc) is 2.28. The Labute approximate surface area is 113 Å². The number of ether oxygens (including phenoxy) is 2. The molecule has 0 aromatic heterocycles. The molecule has 0 aliphatic carbocycles.